The summed E-state index contributed by atoms with van der Waals surface area (Å²) in [6.07, 6.45) is 5.36. The van der Waals surface area contributed by atoms with Crippen molar-refractivity contribution in [1.29, 1.82) is 0 Å². The molecule has 2 aromatic carbocycles. The van der Waals surface area contributed by atoms with Crippen LogP contribution in [0.2, 0.25) is 0 Å². The molecule has 6 heteroatoms. The van der Waals surface area contributed by atoms with E-state index < -0.39 is 0 Å². The van der Waals surface area contributed by atoms with Crippen LogP contribution in [0.4, 0.5) is 10.5 Å². The van der Waals surface area contributed by atoms with Gasteiger partial charge in [0.1, 0.15) is 5.75 Å². The van der Waals surface area contributed by atoms with Gasteiger partial charge < -0.3 is 19.9 Å². The number of likely N-dealkylation sites (tertiary alicyclic amines) is 2. The molecule has 1 N–H and O–H groups in total. The average Bonchev–Trinajstić information content (AvgIpc) is 2.85. The molecule has 2 fully saturated rings. The number of anilines is 1. The third-order valence-corrected chi connectivity index (χ3v) is 6.37. The summed E-state index contributed by atoms with van der Waals surface area (Å²) in [4.78, 5) is 29.6. The van der Waals surface area contributed by atoms with E-state index in [2.05, 4.69) is 11.4 Å². The van der Waals surface area contributed by atoms with Gasteiger partial charge in [-0.3, -0.25) is 4.79 Å². The van der Waals surface area contributed by atoms with Crippen LogP contribution in [0.5, 0.6) is 5.75 Å². The van der Waals surface area contributed by atoms with Crippen LogP contribution < -0.4 is 10.1 Å². The molecule has 0 unspecified atom stereocenters. The van der Waals surface area contributed by atoms with Crippen molar-refractivity contribution < 1.29 is 14.3 Å². The van der Waals surface area contributed by atoms with E-state index in [9.17, 15) is 9.59 Å². The summed E-state index contributed by atoms with van der Waals surface area (Å²) in [6, 6.07) is 15.4. The zero-order valence-corrected chi connectivity index (χ0v) is 18.9. The number of piperidine rings is 2. The molecule has 1 atom stereocenters. The van der Waals surface area contributed by atoms with E-state index >= 15 is 0 Å². The smallest absolute Gasteiger partial charge is 0.321 e. The van der Waals surface area contributed by atoms with Crippen LogP contribution >= 0.6 is 0 Å². The lowest BCUT2D eigenvalue weighted by molar-refractivity contribution is 0.0724. The van der Waals surface area contributed by atoms with Crippen molar-refractivity contribution in [3.8, 4) is 5.75 Å². The van der Waals surface area contributed by atoms with E-state index in [0.717, 1.165) is 67.9 Å². The summed E-state index contributed by atoms with van der Waals surface area (Å²) in [6.45, 7) is 5.67. The average molecular weight is 436 g/mol. The normalized spacial score (nSPS) is 18.8. The van der Waals surface area contributed by atoms with Crippen LogP contribution in [0.15, 0.2) is 48.5 Å². The van der Waals surface area contributed by atoms with Gasteiger partial charge in [0.25, 0.3) is 5.91 Å². The summed E-state index contributed by atoms with van der Waals surface area (Å²) >= 11 is 0. The fourth-order valence-corrected chi connectivity index (χ4v) is 4.64. The Morgan fingerprint density at radius 1 is 0.969 bits per heavy atom. The van der Waals surface area contributed by atoms with Crippen molar-refractivity contribution in [2.75, 3.05) is 38.1 Å². The topological polar surface area (TPSA) is 61.9 Å². The van der Waals surface area contributed by atoms with Crippen molar-refractivity contribution in [2.24, 2.45) is 0 Å². The van der Waals surface area contributed by atoms with Gasteiger partial charge >= 0.3 is 6.03 Å². The molecule has 2 aliphatic heterocycles. The van der Waals surface area contributed by atoms with Gasteiger partial charge in [0.15, 0.2) is 0 Å². The Balaban J connectivity index is 1.39. The van der Waals surface area contributed by atoms with Gasteiger partial charge in [-0.15, -0.1) is 0 Å². The summed E-state index contributed by atoms with van der Waals surface area (Å²) < 4.78 is 5.46. The second kappa shape index (κ2) is 10.5. The van der Waals surface area contributed by atoms with Crippen LogP contribution in [-0.2, 0) is 0 Å². The fraction of sp³-hybridized carbons (Fsp3) is 0.462. The third kappa shape index (κ3) is 5.42. The molecule has 2 saturated heterocycles. The maximum absolute atomic E-state index is 12.9. The zero-order chi connectivity index (χ0) is 22.3. The molecule has 3 amide bonds. The number of rotatable bonds is 5. The number of benzene rings is 2. The second-order valence-corrected chi connectivity index (χ2v) is 8.65. The minimum atomic E-state index is -0.0839. The highest BCUT2D eigenvalue weighted by atomic mass is 16.5. The van der Waals surface area contributed by atoms with Crippen molar-refractivity contribution in [2.45, 2.75) is 44.9 Å². The summed E-state index contributed by atoms with van der Waals surface area (Å²) in [7, 11) is 0. The van der Waals surface area contributed by atoms with Crippen molar-refractivity contribution in [3.63, 3.8) is 0 Å². The molecule has 0 radical (unpaired) electrons. The predicted molar refractivity (Wildman–Crippen MR) is 126 cm³/mol. The molecular weight excluding hydrogens is 402 g/mol. The molecule has 32 heavy (non-hydrogen) atoms. The highest BCUT2D eigenvalue weighted by molar-refractivity contribution is 5.94. The number of ether oxygens (including phenoxy) is 1. The van der Waals surface area contributed by atoms with E-state index in [1.807, 2.05) is 59.2 Å². The number of amides is 3. The lowest BCUT2D eigenvalue weighted by atomic mass is 9.89. The van der Waals surface area contributed by atoms with E-state index in [4.69, 9.17) is 4.74 Å². The Bertz CT molecular complexity index is 922. The number of hydrogen-bond acceptors (Lipinski definition) is 3. The molecule has 0 saturated carbocycles. The SMILES string of the molecule is CCOc1ccc(NC(=O)N2CCC[C@@H](c3cccc(C(=O)N4CCCCC4)c3)C2)cc1. The first kappa shape index (κ1) is 22.2. The van der Waals surface area contributed by atoms with Crippen molar-refractivity contribution in [3.05, 3.63) is 59.7 Å². The summed E-state index contributed by atoms with van der Waals surface area (Å²) in [5.41, 5.74) is 2.67. The number of nitrogens with one attached hydrogen (secondary N) is 1. The van der Waals surface area contributed by atoms with E-state index in [1.54, 1.807) is 0 Å². The number of nitrogens with zero attached hydrogens (tertiary/aromatic N) is 2. The Morgan fingerprint density at radius 3 is 2.47 bits per heavy atom. The molecule has 2 aromatic rings. The quantitative estimate of drug-likeness (QED) is 0.709. The number of carbonyl (C=O) groups excluding carboxylic acids is 2. The van der Waals surface area contributed by atoms with Crippen LogP contribution in [0.1, 0.15) is 60.9 Å². The highest BCUT2D eigenvalue weighted by Gasteiger charge is 2.26. The lowest BCUT2D eigenvalue weighted by Gasteiger charge is -2.33. The van der Waals surface area contributed by atoms with Gasteiger partial charge in [-0.2, -0.15) is 0 Å². The minimum Gasteiger partial charge on any atom is -0.494 e. The molecule has 0 bridgehead atoms. The minimum absolute atomic E-state index is 0.0839. The molecule has 170 valence electrons. The van der Waals surface area contributed by atoms with Crippen LogP contribution in [-0.4, -0.2) is 54.5 Å². The maximum atomic E-state index is 12.9. The Labute approximate surface area is 190 Å². The first-order chi connectivity index (χ1) is 15.6. The van der Waals surface area contributed by atoms with Gasteiger partial charge in [-0.05, 0) is 81.0 Å². The molecule has 0 aromatic heterocycles. The van der Waals surface area contributed by atoms with Gasteiger partial charge in [0, 0.05) is 43.3 Å². The van der Waals surface area contributed by atoms with E-state index in [0.29, 0.717) is 13.2 Å². The van der Waals surface area contributed by atoms with Crippen LogP contribution in [0.25, 0.3) is 0 Å². The van der Waals surface area contributed by atoms with Gasteiger partial charge in [-0.1, -0.05) is 12.1 Å². The number of carbonyl (C=O) groups is 2. The molecule has 0 aliphatic carbocycles. The molecular formula is C26H33N3O3. The van der Waals surface area contributed by atoms with Gasteiger partial charge in [0.05, 0.1) is 6.61 Å². The maximum Gasteiger partial charge on any atom is 0.321 e. The Kier molecular flexibility index (Phi) is 7.30. The van der Waals surface area contributed by atoms with Crippen LogP contribution in [0.3, 0.4) is 0 Å². The molecule has 2 heterocycles. The highest BCUT2D eigenvalue weighted by Crippen LogP contribution is 2.28. The van der Waals surface area contributed by atoms with Crippen molar-refractivity contribution >= 4 is 17.6 Å². The number of hydrogen-bond donors (Lipinski definition) is 1. The molecule has 0 spiro atoms. The third-order valence-electron chi connectivity index (χ3n) is 6.37. The van der Waals surface area contributed by atoms with E-state index in [-0.39, 0.29) is 17.9 Å². The van der Waals surface area contributed by atoms with Crippen LogP contribution in [0, 0.1) is 0 Å². The Hall–Kier alpha value is -3.02. The molecule has 4 rings (SSSR count). The first-order valence-electron chi connectivity index (χ1n) is 11.8. The van der Waals surface area contributed by atoms with E-state index in [1.165, 1.54) is 6.42 Å². The largest absolute Gasteiger partial charge is 0.494 e. The number of urea groups is 1. The first-order valence-corrected chi connectivity index (χ1v) is 11.8. The van der Waals surface area contributed by atoms with Gasteiger partial charge in [0.2, 0.25) is 0 Å². The predicted octanol–water partition coefficient (Wildman–Crippen LogP) is 5.12. The second-order valence-electron chi connectivity index (χ2n) is 8.65. The standard InChI is InChI=1S/C26H33N3O3/c1-2-32-24-13-11-23(12-14-24)27-26(31)29-17-7-10-22(19-29)20-8-6-9-21(18-20)25(30)28-15-4-3-5-16-28/h6,8-9,11-14,18,22H,2-5,7,10,15-17,19H2,1H3,(H,27,31)/t22-/m1/s1. The van der Waals surface area contributed by atoms with Crippen molar-refractivity contribution in [1.82, 2.24) is 9.80 Å². The summed E-state index contributed by atoms with van der Waals surface area (Å²) in [5.74, 6) is 1.17. The van der Waals surface area contributed by atoms with Gasteiger partial charge in [-0.25, -0.2) is 4.79 Å². The Morgan fingerprint density at radius 2 is 1.72 bits per heavy atom. The zero-order valence-electron chi connectivity index (χ0n) is 18.9. The molecule has 6 nitrogen and oxygen atoms in total. The fourth-order valence-electron chi connectivity index (χ4n) is 4.64. The lowest BCUT2D eigenvalue weighted by Crippen LogP contribution is -2.41. The monoisotopic (exact) mass is 435 g/mol. The summed E-state index contributed by atoms with van der Waals surface area (Å²) in [5, 5.41) is 3.00. The molecule has 2 aliphatic rings.